The number of nitrogens with zero attached hydrogens (tertiary/aromatic N) is 1. The van der Waals surface area contributed by atoms with Crippen molar-refractivity contribution in [3.05, 3.63) is 105 Å². The standard InChI is InChI=1S/C24H19NO5/c1-29-23-13-17(12-19-14-18-4-2-3-5-21(18)24(19)26)8-11-22(23)30-15-16-6-9-20(10-7-16)25(27)28/h2-13H,14-15H2,1H3/b19-12+. The van der Waals surface area contributed by atoms with Crippen LogP contribution in [0.25, 0.3) is 6.08 Å². The minimum atomic E-state index is -0.436. The van der Waals surface area contributed by atoms with Gasteiger partial charge in [-0.3, -0.25) is 14.9 Å². The van der Waals surface area contributed by atoms with Gasteiger partial charge in [-0.15, -0.1) is 0 Å². The van der Waals surface area contributed by atoms with Crippen molar-refractivity contribution in [3.63, 3.8) is 0 Å². The molecule has 3 aromatic carbocycles. The van der Waals surface area contributed by atoms with Crippen LogP contribution in [0, 0.1) is 10.1 Å². The Morgan fingerprint density at radius 1 is 1.03 bits per heavy atom. The summed E-state index contributed by atoms with van der Waals surface area (Å²) >= 11 is 0. The number of allylic oxidation sites excluding steroid dienone is 1. The van der Waals surface area contributed by atoms with Crippen LogP contribution in [0.15, 0.2) is 72.3 Å². The van der Waals surface area contributed by atoms with E-state index >= 15 is 0 Å². The van der Waals surface area contributed by atoms with Crippen molar-refractivity contribution < 1.29 is 19.2 Å². The Hall–Kier alpha value is -3.93. The minimum absolute atomic E-state index is 0.0392. The molecule has 0 saturated carbocycles. The highest BCUT2D eigenvalue weighted by Crippen LogP contribution is 2.32. The molecule has 0 atom stereocenters. The number of rotatable bonds is 6. The second-order valence-electron chi connectivity index (χ2n) is 6.96. The van der Waals surface area contributed by atoms with E-state index in [2.05, 4.69) is 0 Å². The van der Waals surface area contributed by atoms with Gasteiger partial charge in [0.1, 0.15) is 6.61 Å². The molecule has 6 nitrogen and oxygen atoms in total. The Kier molecular flexibility index (Phi) is 5.30. The fourth-order valence-corrected chi connectivity index (χ4v) is 3.44. The molecule has 150 valence electrons. The molecule has 1 aliphatic rings. The van der Waals surface area contributed by atoms with E-state index in [-0.39, 0.29) is 18.1 Å². The third-order valence-corrected chi connectivity index (χ3v) is 5.00. The number of carbonyl (C=O) groups is 1. The van der Waals surface area contributed by atoms with Crippen molar-refractivity contribution >= 4 is 17.5 Å². The number of nitro benzene ring substituents is 1. The summed E-state index contributed by atoms with van der Waals surface area (Å²) in [5.41, 5.74) is 4.26. The molecule has 0 fully saturated rings. The fourth-order valence-electron chi connectivity index (χ4n) is 3.44. The molecule has 6 heteroatoms. The van der Waals surface area contributed by atoms with Crippen molar-refractivity contribution in [1.29, 1.82) is 0 Å². The van der Waals surface area contributed by atoms with E-state index in [0.717, 1.165) is 27.8 Å². The summed E-state index contributed by atoms with van der Waals surface area (Å²) in [6.07, 6.45) is 2.50. The fraction of sp³-hybridized carbons (Fsp3) is 0.125. The van der Waals surface area contributed by atoms with Crippen molar-refractivity contribution in [2.45, 2.75) is 13.0 Å². The molecule has 0 radical (unpaired) electrons. The molecule has 0 aliphatic heterocycles. The second kappa shape index (κ2) is 8.21. The molecule has 0 bridgehead atoms. The van der Waals surface area contributed by atoms with Gasteiger partial charge in [-0.2, -0.15) is 0 Å². The van der Waals surface area contributed by atoms with Crippen LogP contribution in [-0.2, 0) is 13.0 Å². The highest BCUT2D eigenvalue weighted by Gasteiger charge is 2.24. The SMILES string of the molecule is COc1cc(/C=C2\Cc3ccccc3C2=O)ccc1OCc1ccc([N+](=O)[O-])cc1. The van der Waals surface area contributed by atoms with Gasteiger partial charge in [0.05, 0.1) is 12.0 Å². The van der Waals surface area contributed by atoms with Gasteiger partial charge in [-0.1, -0.05) is 30.3 Å². The number of hydrogen-bond donors (Lipinski definition) is 0. The number of non-ortho nitro benzene ring substituents is 1. The van der Waals surface area contributed by atoms with E-state index in [9.17, 15) is 14.9 Å². The van der Waals surface area contributed by atoms with Crippen LogP contribution in [0.1, 0.15) is 27.0 Å². The number of ketones is 1. The quantitative estimate of drug-likeness (QED) is 0.330. The summed E-state index contributed by atoms with van der Waals surface area (Å²) < 4.78 is 11.3. The Morgan fingerprint density at radius 2 is 1.80 bits per heavy atom. The smallest absolute Gasteiger partial charge is 0.269 e. The maximum atomic E-state index is 12.6. The summed E-state index contributed by atoms with van der Waals surface area (Å²) in [4.78, 5) is 22.9. The first-order valence-corrected chi connectivity index (χ1v) is 9.42. The summed E-state index contributed by atoms with van der Waals surface area (Å²) in [5.74, 6) is 1.16. The van der Waals surface area contributed by atoms with Crippen LogP contribution in [-0.4, -0.2) is 17.8 Å². The summed E-state index contributed by atoms with van der Waals surface area (Å²) in [6, 6.07) is 19.4. The predicted molar refractivity (Wildman–Crippen MR) is 113 cm³/mol. The van der Waals surface area contributed by atoms with Gasteiger partial charge in [-0.25, -0.2) is 0 Å². The van der Waals surface area contributed by atoms with Crippen LogP contribution in [0.4, 0.5) is 5.69 Å². The largest absolute Gasteiger partial charge is 0.493 e. The first-order chi connectivity index (χ1) is 14.5. The van der Waals surface area contributed by atoms with E-state index in [0.29, 0.717) is 17.9 Å². The summed E-state index contributed by atoms with van der Waals surface area (Å²) in [6.45, 7) is 0.253. The Labute approximate surface area is 173 Å². The van der Waals surface area contributed by atoms with E-state index < -0.39 is 4.92 Å². The van der Waals surface area contributed by atoms with E-state index in [1.165, 1.54) is 12.1 Å². The zero-order chi connectivity index (χ0) is 21.1. The van der Waals surface area contributed by atoms with Gasteiger partial charge in [0.2, 0.25) is 0 Å². The maximum Gasteiger partial charge on any atom is 0.269 e. The lowest BCUT2D eigenvalue weighted by atomic mass is 10.1. The van der Waals surface area contributed by atoms with Crippen LogP contribution >= 0.6 is 0 Å². The molecule has 0 aromatic heterocycles. The number of ether oxygens (including phenoxy) is 2. The molecule has 0 spiro atoms. The van der Waals surface area contributed by atoms with Crippen molar-refractivity contribution in [1.82, 2.24) is 0 Å². The Bertz CT molecular complexity index is 1150. The van der Waals surface area contributed by atoms with Gasteiger partial charge in [0.15, 0.2) is 17.3 Å². The van der Waals surface area contributed by atoms with Crippen molar-refractivity contribution in [2.24, 2.45) is 0 Å². The average Bonchev–Trinajstić information content (AvgIpc) is 3.08. The molecule has 0 unspecified atom stereocenters. The number of carbonyl (C=O) groups excluding carboxylic acids is 1. The number of hydrogen-bond acceptors (Lipinski definition) is 5. The third-order valence-electron chi connectivity index (χ3n) is 5.00. The predicted octanol–water partition coefficient (Wildman–Crippen LogP) is 5.00. The van der Waals surface area contributed by atoms with Gasteiger partial charge >= 0.3 is 0 Å². The Balaban J connectivity index is 1.49. The van der Waals surface area contributed by atoms with E-state index in [4.69, 9.17) is 9.47 Å². The van der Waals surface area contributed by atoms with E-state index in [1.54, 1.807) is 25.3 Å². The van der Waals surface area contributed by atoms with Crippen LogP contribution < -0.4 is 9.47 Å². The average molecular weight is 401 g/mol. The van der Waals surface area contributed by atoms with Gasteiger partial charge in [0.25, 0.3) is 5.69 Å². The van der Waals surface area contributed by atoms with Crippen molar-refractivity contribution in [3.8, 4) is 11.5 Å². The monoisotopic (exact) mass is 401 g/mol. The maximum absolute atomic E-state index is 12.6. The molecule has 0 N–H and O–H groups in total. The number of benzene rings is 3. The highest BCUT2D eigenvalue weighted by molar-refractivity contribution is 6.15. The van der Waals surface area contributed by atoms with Crippen LogP contribution in [0.5, 0.6) is 11.5 Å². The second-order valence-corrected chi connectivity index (χ2v) is 6.96. The molecular formula is C24H19NO5. The molecule has 4 rings (SSSR count). The van der Waals surface area contributed by atoms with E-state index in [1.807, 2.05) is 42.5 Å². The van der Waals surface area contributed by atoms with Gasteiger partial charge < -0.3 is 9.47 Å². The number of Topliss-reactive ketones (excluding diaryl/α,β-unsaturated/α-hetero) is 1. The van der Waals surface area contributed by atoms with Crippen LogP contribution in [0.2, 0.25) is 0 Å². The molecule has 30 heavy (non-hydrogen) atoms. The number of methoxy groups -OCH3 is 1. The summed E-state index contributed by atoms with van der Waals surface area (Å²) in [5, 5.41) is 10.7. The van der Waals surface area contributed by atoms with Gasteiger partial charge in [0, 0.05) is 29.7 Å². The topological polar surface area (TPSA) is 78.7 Å². The lowest BCUT2D eigenvalue weighted by Crippen LogP contribution is -1.99. The molecule has 0 amide bonds. The first kappa shape index (κ1) is 19.4. The highest BCUT2D eigenvalue weighted by atomic mass is 16.6. The first-order valence-electron chi connectivity index (χ1n) is 9.42. The third kappa shape index (κ3) is 3.93. The number of nitro groups is 1. The minimum Gasteiger partial charge on any atom is -0.493 e. The molecule has 1 aliphatic carbocycles. The van der Waals surface area contributed by atoms with Gasteiger partial charge in [-0.05, 0) is 47.0 Å². The van der Waals surface area contributed by atoms with Crippen LogP contribution in [0.3, 0.4) is 0 Å². The molecule has 0 saturated heterocycles. The number of fused-ring (bicyclic) bond motifs is 1. The zero-order valence-electron chi connectivity index (χ0n) is 16.3. The summed E-state index contributed by atoms with van der Waals surface area (Å²) in [7, 11) is 1.56. The zero-order valence-corrected chi connectivity index (χ0v) is 16.3. The Morgan fingerprint density at radius 3 is 2.50 bits per heavy atom. The van der Waals surface area contributed by atoms with Crippen molar-refractivity contribution in [2.75, 3.05) is 7.11 Å². The molecule has 3 aromatic rings. The lowest BCUT2D eigenvalue weighted by Gasteiger charge is -2.11. The molecular weight excluding hydrogens is 382 g/mol. The lowest BCUT2D eigenvalue weighted by molar-refractivity contribution is -0.384. The molecule has 0 heterocycles. The normalized spacial score (nSPS) is 13.9.